The first-order chi connectivity index (χ1) is 13.7. The summed E-state index contributed by atoms with van der Waals surface area (Å²) >= 11 is 11.1. The molecule has 0 aliphatic heterocycles. The highest BCUT2D eigenvalue weighted by Gasteiger charge is 2.51. The molecule has 0 aliphatic carbocycles. The lowest BCUT2D eigenvalue weighted by molar-refractivity contribution is -0.474. The molecule has 0 spiro atoms. The molecule has 13 nitrogen and oxygen atoms in total. The summed E-state index contributed by atoms with van der Waals surface area (Å²) in [5, 5.41) is 32.4. The number of benzene rings is 2. The van der Waals surface area contributed by atoms with Crippen molar-refractivity contribution in [1.29, 1.82) is 0 Å². The van der Waals surface area contributed by atoms with Crippen LogP contribution in [0.3, 0.4) is 0 Å². The van der Waals surface area contributed by atoms with Crippen LogP contribution in [0.1, 0.15) is 0 Å². The van der Waals surface area contributed by atoms with Crippen LogP contribution in [0.2, 0.25) is 10.0 Å². The maximum absolute atomic E-state index is 12.7. The largest absolute Gasteiger partial charge is 0.415 e. The summed E-state index contributed by atoms with van der Waals surface area (Å²) in [6.45, 7) is 0. The maximum Gasteiger partial charge on any atom is 0.415 e. The van der Waals surface area contributed by atoms with Crippen molar-refractivity contribution in [2.75, 3.05) is 0 Å². The molecule has 0 fully saturated rings. The maximum atomic E-state index is 12.7. The molecular weight excluding hydrogens is 493 g/mol. The van der Waals surface area contributed by atoms with E-state index in [2.05, 4.69) is 0 Å². The lowest BCUT2D eigenvalue weighted by Gasteiger charge is -2.12. The van der Waals surface area contributed by atoms with Gasteiger partial charge in [-0.1, -0.05) is 23.2 Å². The Hall–Kier alpha value is -2.88. The molecule has 0 saturated heterocycles. The Morgan fingerprint density at radius 1 is 0.700 bits per heavy atom. The molecule has 0 atom stereocenters. The molecule has 2 aromatic carbocycles. The third-order valence-corrected chi connectivity index (χ3v) is 8.98. The summed E-state index contributed by atoms with van der Waals surface area (Å²) in [5.41, 5.74) is -1.86. The molecule has 0 unspecified atom stereocenters. The summed E-state index contributed by atoms with van der Waals surface area (Å²) < 4.78 is 47.5. The Bertz CT molecular complexity index is 1200. The van der Waals surface area contributed by atoms with E-state index < -0.39 is 70.4 Å². The number of nitro groups is 3. The standard InChI is InChI=1S/C13H7Cl2N3O10S2/c14-9-3-1-7(5-11(9)16(19)20)29(25,26)13(18(23)24)30(27,28)8-2-4-10(15)12(6-8)17(21)22/h1-6,13H. The third-order valence-electron chi connectivity index (χ3n) is 3.59. The first-order valence-corrected chi connectivity index (χ1v) is 11.0. The van der Waals surface area contributed by atoms with Gasteiger partial charge in [-0.3, -0.25) is 30.3 Å². The van der Waals surface area contributed by atoms with Crippen LogP contribution in [-0.4, -0.2) is 36.3 Å². The molecule has 160 valence electrons. The van der Waals surface area contributed by atoms with Crippen LogP contribution in [0.5, 0.6) is 0 Å². The van der Waals surface area contributed by atoms with Crippen LogP contribution in [0, 0.1) is 30.3 Å². The lowest BCUT2D eigenvalue weighted by atomic mass is 10.3. The zero-order chi connectivity index (χ0) is 23.0. The lowest BCUT2D eigenvalue weighted by Crippen LogP contribution is -2.37. The van der Waals surface area contributed by atoms with E-state index in [4.69, 9.17) is 23.2 Å². The molecule has 0 aliphatic rings. The number of halogens is 2. The minimum absolute atomic E-state index is 0.369. The highest BCUT2D eigenvalue weighted by atomic mass is 35.5. The van der Waals surface area contributed by atoms with Gasteiger partial charge in [-0.25, -0.2) is 16.8 Å². The zero-order valence-electron chi connectivity index (χ0n) is 14.0. The van der Waals surface area contributed by atoms with Crippen LogP contribution >= 0.6 is 23.2 Å². The Labute approximate surface area is 177 Å². The molecule has 30 heavy (non-hydrogen) atoms. The number of nitrogens with zero attached hydrogens (tertiary/aromatic N) is 3. The quantitative estimate of drug-likeness (QED) is 0.402. The topological polar surface area (TPSA) is 198 Å². The van der Waals surface area contributed by atoms with Crippen molar-refractivity contribution in [1.82, 2.24) is 0 Å². The smallest absolute Gasteiger partial charge is 0.262 e. The summed E-state index contributed by atoms with van der Waals surface area (Å²) in [7, 11) is -10.8. The Morgan fingerprint density at radius 3 is 1.30 bits per heavy atom. The normalized spacial score (nSPS) is 12.0. The van der Waals surface area contributed by atoms with Crippen LogP contribution in [0.4, 0.5) is 11.4 Å². The molecule has 0 amide bonds. The van der Waals surface area contributed by atoms with Crippen molar-refractivity contribution in [3.05, 3.63) is 76.8 Å². The van der Waals surface area contributed by atoms with E-state index in [9.17, 15) is 47.2 Å². The van der Waals surface area contributed by atoms with Crippen molar-refractivity contribution in [2.45, 2.75) is 14.5 Å². The number of hydrogen-bond donors (Lipinski definition) is 0. The molecule has 0 bridgehead atoms. The van der Waals surface area contributed by atoms with E-state index in [1.54, 1.807) is 0 Å². The van der Waals surface area contributed by atoms with Crippen molar-refractivity contribution < 1.29 is 31.6 Å². The Balaban J connectivity index is 2.74. The fourth-order valence-electron chi connectivity index (χ4n) is 2.24. The molecule has 0 saturated carbocycles. The van der Waals surface area contributed by atoms with Crippen molar-refractivity contribution >= 4 is 54.3 Å². The van der Waals surface area contributed by atoms with E-state index >= 15 is 0 Å². The summed E-state index contributed by atoms with van der Waals surface area (Å²) in [5.74, 6) is 0. The SMILES string of the molecule is O=[N+]([O-])c1cc(S(=O)(=O)C([N+](=O)[O-])S(=O)(=O)c2ccc(Cl)c([N+](=O)[O-])c2)ccc1Cl. The minimum atomic E-state index is -5.38. The molecule has 0 heterocycles. The van der Waals surface area contributed by atoms with Gasteiger partial charge >= 0.3 is 4.71 Å². The molecular formula is C13H7Cl2N3O10S2. The fraction of sp³-hybridized carbons (Fsp3) is 0.0769. The van der Waals surface area contributed by atoms with E-state index in [1.165, 1.54) is 0 Å². The highest BCUT2D eigenvalue weighted by Crippen LogP contribution is 2.34. The second-order valence-electron chi connectivity index (χ2n) is 5.42. The second-order valence-corrected chi connectivity index (χ2v) is 10.6. The first-order valence-electron chi connectivity index (χ1n) is 7.20. The number of rotatable bonds is 7. The van der Waals surface area contributed by atoms with Crippen molar-refractivity contribution in [3.63, 3.8) is 0 Å². The van der Waals surface area contributed by atoms with Gasteiger partial charge in [-0.05, 0) is 24.3 Å². The molecule has 2 aromatic rings. The monoisotopic (exact) mass is 499 g/mol. The van der Waals surface area contributed by atoms with Gasteiger partial charge in [0.15, 0.2) is 0 Å². The van der Waals surface area contributed by atoms with Crippen LogP contribution < -0.4 is 0 Å². The van der Waals surface area contributed by atoms with Gasteiger partial charge in [-0.2, -0.15) is 0 Å². The van der Waals surface area contributed by atoms with Gasteiger partial charge in [-0.15, -0.1) is 0 Å². The molecule has 0 aromatic heterocycles. The van der Waals surface area contributed by atoms with Gasteiger partial charge in [0.05, 0.1) is 24.6 Å². The third kappa shape index (κ3) is 4.18. The van der Waals surface area contributed by atoms with Gasteiger partial charge in [0.2, 0.25) is 0 Å². The first kappa shape index (κ1) is 23.4. The van der Waals surface area contributed by atoms with Crippen molar-refractivity contribution in [3.8, 4) is 0 Å². The average molecular weight is 500 g/mol. The summed E-state index contributed by atoms with van der Waals surface area (Å²) in [6.07, 6.45) is 0. The molecule has 2 rings (SSSR count). The highest BCUT2D eigenvalue weighted by molar-refractivity contribution is 8.08. The van der Waals surface area contributed by atoms with Crippen LogP contribution in [0.25, 0.3) is 0 Å². The molecule has 17 heteroatoms. The van der Waals surface area contributed by atoms with Crippen LogP contribution in [-0.2, 0) is 19.7 Å². The number of hydrogen-bond acceptors (Lipinski definition) is 10. The number of sulfone groups is 2. The predicted octanol–water partition coefficient (Wildman–Crippen LogP) is 2.62. The van der Waals surface area contributed by atoms with E-state index in [1.807, 2.05) is 0 Å². The second kappa shape index (κ2) is 8.10. The summed E-state index contributed by atoms with van der Waals surface area (Å²) in [4.78, 5) is 27.4. The number of nitro benzene ring substituents is 2. The zero-order valence-corrected chi connectivity index (χ0v) is 17.2. The fourth-order valence-corrected chi connectivity index (χ4v) is 6.61. The average Bonchev–Trinajstić information content (AvgIpc) is 2.60. The summed E-state index contributed by atoms with van der Waals surface area (Å²) in [6, 6.07) is 3.55. The Kier molecular flexibility index (Phi) is 6.31. The molecule has 0 radical (unpaired) electrons. The van der Waals surface area contributed by atoms with Gasteiger partial charge in [0.1, 0.15) is 10.0 Å². The van der Waals surface area contributed by atoms with E-state index in [-0.39, 0.29) is 0 Å². The van der Waals surface area contributed by atoms with Crippen molar-refractivity contribution in [2.24, 2.45) is 0 Å². The van der Waals surface area contributed by atoms with Gasteiger partial charge in [0.25, 0.3) is 31.0 Å². The van der Waals surface area contributed by atoms with Gasteiger partial charge < -0.3 is 0 Å². The van der Waals surface area contributed by atoms with Gasteiger partial charge in [0, 0.05) is 12.1 Å². The predicted molar refractivity (Wildman–Crippen MR) is 101 cm³/mol. The van der Waals surface area contributed by atoms with Crippen LogP contribution in [0.15, 0.2) is 46.2 Å². The Morgan fingerprint density at radius 2 is 1.03 bits per heavy atom. The van der Waals surface area contributed by atoms with E-state index in [0.29, 0.717) is 24.3 Å². The van der Waals surface area contributed by atoms with E-state index in [0.717, 1.165) is 12.1 Å². The minimum Gasteiger partial charge on any atom is -0.262 e. The molecule has 0 N–H and O–H groups in total.